The smallest absolute Gasteiger partial charge is 0.00489 e. The average molecular weight is 317 g/mol. The van der Waals surface area contributed by atoms with Crippen molar-refractivity contribution < 1.29 is 0 Å². The van der Waals surface area contributed by atoms with Gasteiger partial charge in [-0.15, -0.1) is 0 Å². The molecule has 2 aliphatic carbocycles. The number of hydrogen-bond donors (Lipinski definition) is 1. The molecule has 0 amide bonds. The van der Waals surface area contributed by atoms with Crippen molar-refractivity contribution in [1.29, 1.82) is 0 Å². The van der Waals surface area contributed by atoms with Gasteiger partial charge in [-0.3, -0.25) is 0 Å². The maximum absolute atomic E-state index is 3.28. The van der Waals surface area contributed by atoms with Crippen LogP contribution in [0, 0.1) is 0 Å². The molecule has 0 atom stereocenters. The Morgan fingerprint density at radius 2 is 1.58 bits per heavy atom. The first kappa shape index (κ1) is 15.7. The Bertz CT molecular complexity index is 726. The molecule has 124 valence electrons. The summed E-state index contributed by atoms with van der Waals surface area (Å²) in [5.74, 6) is 0. The van der Waals surface area contributed by atoms with E-state index in [1.807, 2.05) is 0 Å². The average Bonchev–Trinajstić information content (AvgIpc) is 2.69. The molecule has 2 aromatic rings. The van der Waals surface area contributed by atoms with Gasteiger partial charge in [-0.1, -0.05) is 55.0 Å². The molecule has 24 heavy (non-hydrogen) atoms. The minimum absolute atomic E-state index is 1.19. The zero-order valence-electron chi connectivity index (χ0n) is 14.5. The lowest BCUT2D eigenvalue weighted by Crippen LogP contribution is -2.21. The van der Waals surface area contributed by atoms with Crippen molar-refractivity contribution in [2.45, 2.75) is 44.9 Å². The van der Waals surface area contributed by atoms with Crippen LogP contribution in [0.15, 0.2) is 42.5 Å². The molecule has 1 fully saturated rings. The molecular formula is C23H27N. The summed E-state index contributed by atoms with van der Waals surface area (Å²) in [4.78, 5) is 0. The molecule has 5 rings (SSSR count). The highest BCUT2D eigenvalue weighted by Gasteiger charge is 2.19. The Hall–Kier alpha value is -1.86. The lowest BCUT2D eigenvalue weighted by atomic mass is 9.80. The fourth-order valence-electron chi connectivity index (χ4n) is 4.16. The summed E-state index contributed by atoms with van der Waals surface area (Å²) in [6, 6.07) is 13.5. The number of aryl methyl sites for hydroxylation is 2. The van der Waals surface area contributed by atoms with E-state index in [0.29, 0.717) is 0 Å². The van der Waals surface area contributed by atoms with E-state index in [0.717, 1.165) is 0 Å². The first-order valence-electron chi connectivity index (χ1n) is 9.54. The molecule has 1 aliphatic heterocycles. The summed E-state index contributed by atoms with van der Waals surface area (Å²) in [5, 5.41) is 3.28. The Balaban J connectivity index is 0.000000207. The van der Waals surface area contributed by atoms with Crippen molar-refractivity contribution in [3.05, 3.63) is 64.7 Å². The van der Waals surface area contributed by atoms with Gasteiger partial charge in [0.25, 0.3) is 0 Å². The summed E-state index contributed by atoms with van der Waals surface area (Å²) >= 11 is 0. The van der Waals surface area contributed by atoms with Gasteiger partial charge in [0.05, 0.1) is 0 Å². The molecule has 0 spiro atoms. The van der Waals surface area contributed by atoms with E-state index in [-0.39, 0.29) is 0 Å². The lowest BCUT2D eigenvalue weighted by Gasteiger charge is -2.24. The molecule has 1 heteroatoms. The Kier molecular flexibility index (Phi) is 4.80. The van der Waals surface area contributed by atoms with Crippen molar-refractivity contribution in [2.75, 3.05) is 13.1 Å². The molecule has 0 bridgehead atoms. The van der Waals surface area contributed by atoms with Crippen LogP contribution >= 0.6 is 0 Å². The van der Waals surface area contributed by atoms with E-state index < -0.39 is 0 Å². The summed E-state index contributed by atoms with van der Waals surface area (Å²) in [5.41, 5.74) is 9.03. The second-order valence-electron chi connectivity index (χ2n) is 7.07. The topological polar surface area (TPSA) is 12.0 Å². The van der Waals surface area contributed by atoms with Gasteiger partial charge in [0.15, 0.2) is 0 Å². The van der Waals surface area contributed by atoms with Crippen LogP contribution in [-0.4, -0.2) is 13.1 Å². The van der Waals surface area contributed by atoms with Crippen molar-refractivity contribution in [1.82, 2.24) is 5.32 Å². The van der Waals surface area contributed by atoms with Gasteiger partial charge in [0.1, 0.15) is 0 Å². The number of allylic oxidation sites excluding steroid dienone is 1. The molecule has 1 heterocycles. The van der Waals surface area contributed by atoms with Crippen LogP contribution in [0.5, 0.6) is 0 Å². The van der Waals surface area contributed by atoms with E-state index >= 15 is 0 Å². The SMILES string of the molecule is C1=Cc2c(ccc3c2CCc2ccccc2-3)CC1.C1CCNCC1. The second kappa shape index (κ2) is 7.36. The molecule has 0 unspecified atom stereocenters. The number of piperidine rings is 1. The molecule has 0 saturated carbocycles. The Labute approximate surface area is 145 Å². The third-order valence-corrected chi connectivity index (χ3v) is 5.47. The highest BCUT2D eigenvalue weighted by molar-refractivity contribution is 5.78. The quantitative estimate of drug-likeness (QED) is 0.706. The molecule has 3 aliphatic rings. The van der Waals surface area contributed by atoms with E-state index in [1.54, 1.807) is 5.56 Å². The van der Waals surface area contributed by atoms with Crippen LogP contribution in [-0.2, 0) is 19.3 Å². The minimum Gasteiger partial charge on any atom is -0.317 e. The predicted octanol–water partition coefficient (Wildman–Crippen LogP) is 5.17. The largest absolute Gasteiger partial charge is 0.317 e. The van der Waals surface area contributed by atoms with E-state index in [2.05, 4.69) is 53.9 Å². The third kappa shape index (κ3) is 3.18. The van der Waals surface area contributed by atoms with Crippen LogP contribution in [0.3, 0.4) is 0 Å². The fourth-order valence-corrected chi connectivity index (χ4v) is 4.16. The highest BCUT2D eigenvalue weighted by Crippen LogP contribution is 2.38. The van der Waals surface area contributed by atoms with Gasteiger partial charge in [0.2, 0.25) is 0 Å². The molecule has 0 aromatic heterocycles. The normalized spacial score (nSPS) is 17.8. The van der Waals surface area contributed by atoms with E-state index in [4.69, 9.17) is 0 Å². The van der Waals surface area contributed by atoms with Gasteiger partial charge in [-0.25, -0.2) is 0 Å². The van der Waals surface area contributed by atoms with Gasteiger partial charge in [0, 0.05) is 0 Å². The minimum atomic E-state index is 1.19. The summed E-state index contributed by atoms with van der Waals surface area (Å²) in [6.45, 7) is 2.50. The number of hydrogen-bond acceptors (Lipinski definition) is 1. The van der Waals surface area contributed by atoms with Gasteiger partial charge in [-0.2, -0.15) is 0 Å². The predicted molar refractivity (Wildman–Crippen MR) is 103 cm³/mol. The molecule has 1 nitrogen and oxygen atoms in total. The van der Waals surface area contributed by atoms with Crippen LogP contribution in [0.4, 0.5) is 0 Å². The Morgan fingerprint density at radius 1 is 0.708 bits per heavy atom. The third-order valence-electron chi connectivity index (χ3n) is 5.47. The summed E-state index contributed by atoms with van der Waals surface area (Å²) in [6.07, 6.45) is 13.7. The number of nitrogens with one attached hydrogen (secondary N) is 1. The van der Waals surface area contributed by atoms with Gasteiger partial charge < -0.3 is 5.32 Å². The van der Waals surface area contributed by atoms with Crippen LogP contribution in [0.2, 0.25) is 0 Å². The maximum Gasteiger partial charge on any atom is -0.00489 e. The highest BCUT2D eigenvalue weighted by atomic mass is 14.9. The van der Waals surface area contributed by atoms with Crippen molar-refractivity contribution in [3.63, 3.8) is 0 Å². The molecule has 1 N–H and O–H groups in total. The van der Waals surface area contributed by atoms with E-state index in [1.165, 1.54) is 85.9 Å². The van der Waals surface area contributed by atoms with Crippen LogP contribution in [0.1, 0.15) is 47.9 Å². The number of fused-ring (bicyclic) bond motifs is 5. The zero-order valence-corrected chi connectivity index (χ0v) is 14.5. The fraction of sp³-hybridized carbons (Fsp3) is 0.391. The lowest BCUT2D eigenvalue weighted by molar-refractivity contribution is 0.520. The van der Waals surface area contributed by atoms with Gasteiger partial charge in [-0.05, 0) is 85.0 Å². The van der Waals surface area contributed by atoms with Gasteiger partial charge >= 0.3 is 0 Å². The van der Waals surface area contributed by atoms with Crippen molar-refractivity contribution in [2.24, 2.45) is 0 Å². The Morgan fingerprint density at radius 3 is 2.38 bits per heavy atom. The van der Waals surface area contributed by atoms with Crippen LogP contribution in [0.25, 0.3) is 17.2 Å². The molecular weight excluding hydrogens is 290 g/mol. The first-order chi connectivity index (χ1) is 11.9. The standard InChI is InChI=1S/C18H16.C5H11N/c1-3-7-15-13(5-1)9-11-18-16-8-4-2-6-14(16)10-12-17(15)18;1-2-4-6-5-3-1/h1,3-5,7-8,10,12H,2,6,9,11H2;6H,1-5H2. The monoisotopic (exact) mass is 317 g/mol. The summed E-state index contributed by atoms with van der Waals surface area (Å²) in [7, 11) is 0. The maximum atomic E-state index is 3.28. The number of benzene rings is 2. The molecule has 2 aromatic carbocycles. The molecule has 1 saturated heterocycles. The second-order valence-corrected chi connectivity index (χ2v) is 7.07. The van der Waals surface area contributed by atoms with Crippen molar-refractivity contribution in [3.8, 4) is 11.1 Å². The van der Waals surface area contributed by atoms with Crippen LogP contribution < -0.4 is 5.32 Å². The van der Waals surface area contributed by atoms with E-state index in [9.17, 15) is 0 Å². The van der Waals surface area contributed by atoms with Crippen molar-refractivity contribution >= 4 is 6.08 Å². The first-order valence-corrected chi connectivity index (χ1v) is 9.54. The summed E-state index contributed by atoms with van der Waals surface area (Å²) < 4.78 is 0. The molecule has 0 radical (unpaired) electrons. The zero-order chi connectivity index (χ0) is 16.2. The number of rotatable bonds is 0.